The number of rotatable bonds is 4. The molecule has 0 aliphatic heterocycles. The van der Waals surface area contributed by atoms with Gasteiger partial charge in [0, 0.05) is 23.9 Å². The molecule has 0 atom stereocenters. The van der Waals surface area contributed by atoms with Gasteiger partial charge in [0.05, 0.1) is 17.7 Å². The van der Waals surface area contributed by atoms with Gasteiger partial charge in [-0.25, -0.2) is 4.68 Å². The van der Waals surface area contributed by atoms with Crippen molar-refractivity contribution in [2.24, 2.45) is 0 Å². The van der Waals surface area contributed by atoms with E-state index in [-0.39, 0.29) is 5.69 Å². The first-order valence-corrected chi connectivity index (χ1v) is 12.3. The van der Waals surface area contributed by atoms with E-state index in [9.17, 15) is 10.1 Å². The van der Waals surface area contributed by atoms with Gasteiger partial charge in [0.25, 0.3) is 5.69 Å². The van der Waals surface area contributed by atoms with Gasteiger partial charge in [-0.15, -0.1) is 5.54 Å². The number of nitro benzene ring substituents is 1. The Kier molecular flexibility index (Phi) is 5.33. The van der Waals surface area contributed by atoms with Crippen molar-refractivity contribution < 1.29 is 9.66 Å². The summed E-state index contributed by atoms with van der Waals surface area (Å²) in [5, 5.41) is 15.6. The molecule has 1 aromatic heterocycles. The predicted octanol–water partition coefficient (Wildman–Crippen LogP) is 4.69. The van der Waals surface area contributed by atoms with Crippen molar-refractivity contribution in [3.63, 3.8) is 0 Å². The number of ether oxygens (including phenoxy) is 1. The lowest BCUT2D eigenvalue weighted by Gasteiger charge is -2.03. The molecule has 0 radical (unpaired) electrons. The number of methoxy groups -OCH3 is 1. The molecule has 0 spiro atoms. The van der Waals surface area contributed by atoms with Gasteiger partial charge in [-0.2, -0.15) is 5.10 Å². The maximum Gasteiger partial charge on any atom is 0.269 e. The lowest BCUT2D eigenvalue weighted by Crippen LogP contribution is -2.16. The van der Waals surface area contributed by atoms with Crippen LogP contribution < -0.4 is 4.74 Å². The third-order valence-electron chi connectivity index (χ3n) is 4.00. The van der Waals surface area contributed by atoms with Crippen LogP contribution in [0.4, 0.5) is 5.69 Å². The summed E-state index contributed by atoms with van der Waals surface area (Å²) in [6.07, 6.45) is 1.90. The number of nitro groups is 1. The van der Waals surface area contributed by atoms with E-state index in [2.05, 4.69) is 36.2 Å². The first-order valence-electron chi connectivity index (χ1n) is 8.79. The first-order chi connectivity index (χ1) is 13.3. The van der Waals surface area contributed by atoms with E-state index >= 15 is 0 Å². The normalized spacial score (nSPS) is 10.9. The summed E-state index contributed by atoms with van der Waals surface area (Å²) in [6, 6.07) is 14.0. The van der Waals surface area contributed by atoms with Crippen molar-refractivity contribution in [3.8, 4) is 34.0 Å². The highest BCUT2D eigenvalue weighted by atomic mass is 28.3. The van der Waals surface area contributed by atoms with Gasteiger partial charge >= 0.3 is 0 Å². The van der Waals surface area contributed by atoms with Crippen LogP contribution in [0.25, 0.3) is 16.8 Å². The Morgan fingerprint density at radius 1 is 1.07 bits per heavy atom. The second-order valence-electron chi connectivity index (χ2n) is 7.34. The molecule has 28 heavy (non-hydrogen) atoms. The molecule has 2 aromatic carbocycles. The minimum absolute atomic E-state index is 0.0565. The van der Waals surface area contributed by atoms with Gasteiger partial charge in [0.1, 0.15) is 19.5 Å². The zero-order chi connectivity index (χ0) is 20.3. The van der Waals surface area contributed by atoms with E-state index in [1.54, 1.807) is 23.9 Å². The van der Waals surface area contributed by atoms with E-state index in [0.717, 1.165) is 22.6 Å². The van der Waals surface area contributed by atoms with Crippen molar-refractivity contribution in [1.29, 1.82) is 0 Å². The molecule has 0 saturated carbocycles. The highest BCUT2D eigenvalue weighted by Gasteiger charge is 2.14. The lowest BCUT2D eigenvalue weighted by molar-refractivity contribution is -0.384. The summed E-state index contributed by atoms with van der Waals surface area (Å²) in [5.41, 5.74) is 6.62. The monoisotopic (exact) mass is 391 g/mol. The van der Waals surface area contributed by atoms with Gasteiger partial charge < -0.3 is 4.74 Å². The summed E-state index contributed by atoms with van der Waals surface area (Å²) in [6.45, 7) is 6.52. The molecular weight excluding hydrogens is 370 g/mol. The quantitative estimate of drug-likeness (QED) is 0.280. The molecular formula is C21H21N3O3Si. The molecule has 3 aromatic rings. The van der Waals surface area contributed by atoms with Crippen LogP contribution in [0.15, 0.2) is 54.7 Å². The summed E-state index contributed by atoms with van der Waals surface area (Å²) >= 11 is 0. The molecule has 0 amide bonds. The van der Waals surface area contributed by atoms with E-state index in [0.29, 0.717) is 5.69 Å². The Labute approximate surface area is 164 Å². The smallest absolute Gasteiger partial charge is 0.269 e. The molecule has 6 nitrogen and oxygen atoms in total. The zero-order valence-electron chi connectivity index (χ0n) is 16.3. The molecule has 0 bridgehead atoms. The van der Waals surface area contributed by atoms with Crippen LogP contribution in [0.2, 0.25) is 19.6 Å². The van der Waals surface area contributed by atoms with E-state index < -0.39 is 13.0 Å². The van der Waals surface area contributed by atoms with Crippen molar-refractivity contribution in [1.82, 2.24) is 9.78 Å². The fraction of sp³-hybridized carbons (Fsp3) is 0.190. The second kappa shape index (κ2) is 7.70. The molecule has 1 heterocycles. The lowest BCUT2D eigenvalue weighted by atomic mass is 10.1. The minimum Gasteiger partial charge on any atom is -0.497 e. The zero-order valence-corrected chi connectivity index (χ0v) is 17.3. The Hall–Kier alpha value is -3.37. The molecule has 7 heteroatoms. The Bertz CT molecular complexity index is 1050. The third kappa shape index (κ3) is 4.48. The van der Waals surface area contributed by atoms with Crippen LogP contribution in [0.3, 0.4) is 0 Å². The average molecular weight is 392 g/mol. The van der Waals surface area contributed by atoms with E-state index in [4.69, 9.17) is 4.74 Å². The molecule has 0 fully saturated rings. The Morgan fingerprint density at radius 2 is 1.71 bits per heavy atom. The van der Waals surface area contributed by atoms with Crippen LogP contribution in [0.1, 0.15) is 5.69 Å². The molecule has 0 saturated heterocycles. The topological polar surface area (TPSA) is 70.2 Å². The average Bonchev–Trinajstić information content (AvgIpc) is 3.10. The highest BCUT2D eigenvalue weighted by molar-refractivity contribution is 6.83. The van der Waals surface area contributed by atoms with Crippen LogP contribution in [0, 0.1) is 21.6 Å². The van der Waals surface area contributed by atoms with Gasteiger partial charge in [0.2, 0.25) is 0 Å². The fourth-order valence-electron chi connectivity index (χ4n) is 2.55. The van der Waals surface area contributed by atoms with Gasteiger partial charge in [-0.05, 0) is 42.0 Å². The SMILES string of the molecule is COc1ccc(-n2cc(-c3ccc([N+](=O)[O-])cc3)c(C#C[Si](C)(C)C)n2)cc1. The van der Waals surface area contributed by atoms with Crippen molar-refractivity contribution >= 4 is 13.8 Å². The number of benzene rings is 2. The van der Waals surface area contributed by atoms with Gasteiger partial charge in [-0.3, -0.25) is 10.1 Å². The number of nitrogens with zero attached hydrogens (tertiary/aromatic N) is 3. The highest BCUT2D eigenvalue weighted by Crippen LogP contribution is 2.27. The number of hydrogen-bond acceptors (Lipinski definition) is 4. The Morgan fingerprint density at radius 3 is 2.25 bits per heavy atom. The van der Waals surface area contributed by atoms with Gasteiger partial charge in [0.15, 0.2) is 0 Å². The van der Waals surface area contributed by atoms with Crippen LogP contribution in [-0.2, 0) is 0 Å². The Balaban J connectivity index is 2.08. The van der Waals surface area contributed by atoms with Crippen molar-refractivity contribution in [3.05, 3.63) is 70.5 Å². The fourth-order valence-corrected chi connectivity index (χ4v) is 3.05. The largest absolute Gasteiger partial charge is 0.497 e. The summed E-state index contributed by atoms with van der Waals surface area (Å²) < 4.78 is 6.98. The molecule has 0 N–H and O–H groups in total. The molecule has 3 rings (SSSR count). The van der Waals surface area contributed by atoms with E-state index in [1.165, 1.54) is 12.1 Å². The molecule has 0 aliphatic carbocycles. The summed E-state index contributed by atoms with van der Waals surface area (Å²) in [7, 11) is 0.0383. The predicted molar refractivity (Wildman–Crippen MR) is 112 cm³/mol. The maximum absolute atomic E-state index is 10.9. The molecule has 142 valence electrons. The first kappa shape index (κ1) is 19.4. The number of hydrogen-bond donors (Lipinski definition) is 0. The van der Waals surface area contributed by atoms with Crippen LogP contribution >= 0.6 is 0 Å². The number of non-ortho nitro benzene ring substituents is 1. The molecule has 0 aliphatic rings. The second-order valence-corrected chi connectivity index (χ2v) is 12.1. The maximum atomic E-state index is 10.9. The molecule has 0 unspecified atom stereocenters. The van der Waals surface area contributed by atoms with Gasteiger partial charge in [-0.1, -0.05) is 25.6 Å². The number of aromatic nitrogens is 2. The minimum atomic E-state index is -1.59. The van der Waals surface area contributed by atoms with Crippen molar-refractivity contribution in [2.75, 3.05) is 7.11 Å². The van der Waals surface area contributed by atoms with Crippen LogP contribution in [0.5, 0.6) is 5.75 Å². The van der Waals surface area contributed by atoms with Crippen LogP contribution in [-0.4, -0.2) is 29.9 Å². The summed E-state index contributed by atoms with van der Waals surface area (Å²) in [4.78, 5) is 10.5. The standard InChI is InChI=1S/C21H21N3O3Si/c1-27-19-11-9-17(10-12-19)23-15-20(21(22-23)13-14-28(2,3)4)16-5-7-18(8-6-16)24(25)26/h5-12,15H,1-4H3. The van der Waals surface area contributed by atoms with Crippen molar-refractivity contribution in [2.45, 2.75) is 19.6 Å². The van der Waals surface area contributed by atoms with E-state index in [1.807, 2.05) is 30.5 Å². The summed E-state index contributed by atoms with van der Waals surface area (Å²) in [5.74, 6) is 3.99. The third-order valence-corrected chi connectivity index (χ3v) is 4.87.